The molecule has 0 aliphatic carbocycles. The maximum atomic E-state index is 5.89. The molecule has 1 aromatic heterocycles. The molecule has 0 amide bonds. The fourth-order valence-electron chi connectivity index (χ4n) is 2.05. The number of hydrogen-bond acceptors (Lipinski definition) is 3. The zero-order chi connectivity index (χ0) is 11.6. The van der Waals surface area contributed by atoms with Crippen LogP contribution in [0, 0.1) is 0 Å². The van der Waals surface area contributed by atoms with E-state index in [2.05, 4.69) is 29.0 Å². The number of hydrogen-bond donors (Lipinski definition) is 1. The highest BCUT2D eigenvalue weighted by Crippen LogP contribution is 2.19. The zero-order valence-corrected chi connectivity index (χ0v) is 10.6. The number of aromatic nitrogens is 1. The summed E-state index contributed by atoms with van der Waals surface area (Å²) >= 11 is 5.89. The third kappa shape index (κ3) is 2.73. The molecule has 0 spiro atoms. The number of nitrogens with one attached hydrogen (secondary N) is 1. The summed E-state index contributed by atoms with van der Waals surface area (Å²) < 4.78 is 0. The summed E-state index contributed by atoms with van der Waals surface area (Å²) in [6, 6.07) is 5.80. The first-order chi connectivity index (χ1) is 7.58. The largest absolute Gasteiger partial charge is 0.314 e. The highest BCUT2D eigenvalue weighted by Gasteiger charge is 2.29. The molecular weight excluding hydrogens is 222 g/mol. The van der Waals surface area contributed by atoms with Crippen LogP contribution in [-0.4, -0.2) is 35.1 Å². The molecule has 0 radical (unpaired) electrons. The lowest BCUT2D eigenvalue weighted by atomic mass is 10.00. The Balaban J connectivity index is 2.08. The van der Waals surface area contributed by atoms with Gasteiger partial charge in [-0.25, -0.2) is 4.98 Å². The molecule has 16 heavy (non-hydrogen) atoms. The first-order valence-electron chi connectivity index (χ1n) is 5.65. The molecule has 2 rings (SSSR count). The van der Waals surface area contributed by atoms with E-state index in [4.69, 9.17) is 11.6 Å². The quantitative estimate of drug-likeness (QED) is 0.800. The second kappa shape index (κ2) is 4.70. The summed E-state index contributed by atoms with van der Waals surface area (Å²) in [7, 11) is 0. The number of nitrogens with zero attached hydrogens (tertiary/aromatic N) is 2. The summed E-state index contributed by atoms with van der Waals surface area (Å²) in [5.74, 6) is 0. The number of halogens is 1. The molecule has 0 bridgehead atoms. The van der Waals surface area contributed by atoms with Crippen LogP contribution in [0.25, 0.3) is 0 Å². The maximum absolute atomic E-state index is 5.89. The van der Waals surface area contributed by atoms with Crippen molar-refractivity contribution < 1.29 is 0 Å². The van der Waals surface area contributed by atoms with Gasteiger partial charge in [0.25, 0.3) is 0 Å². The first kappa shape index (κ1) is 11.8. The van der Waals surface area contributed by atoms with Gasteiger partial charge in [-0.3, -0.25) is 4.90 Å². The van der Waals surface area contributed by atoms with Crippen LogP contribution in [0.15, 0.2) is 18.2 Å². The van der Waals surface area contributed by atoms with Gasteiger partial charge in [0.2, 0.25) is 0 Å². The Morgan fingerprint density at radius 3 is 3.00 bits per heavy atom. The van der Waals surface area contributed by atoms with Gasteiger partial charge in [-0.2, -0.15) is 0 Å². The van der Waals surface area contributed by atoms with Gasteiger partial charge in [-0.15, -0.1) is 0 Å². The molecule has 1 aliphatic rings. The lowest BCUT2D eigenvalue weighted by Gasteiger charge is -2.42. The Kier molecular flexibility index (Phi) is 3.47. The highest BCUT2D eigenvalue weighted by atomic mass is 35.5. The summed E-state index contributed by atoms with van der Waals surface area (Å²) in [5, 5.41) is 3.99. The highest BCUT2D eigenvalue weighted by molar-refractivity contribution is 6.29. The van der Waals surface area contributed by atoms with E-state index < -0.39 is 0 Å². The van der Waals surface area contributed by atoms with E-state index in [0.717, 1.165) is 31.9 Å². The van der Waals surface area contributed by atoms with E-state index in [9.17, 15) is 0 Å². The molecule has 0 saturated carbocycles. The molecule has 4 heteroatoms. The van der Waals surface area contributed by atoms with Crippen LogP contribution < -0.4 is 5.32 Å². The molecule has 1 aromatic rings. The lowest BCUT2D eigenvalue weighted by molar-refractivity contribution is 0.0814. The second-order valence-electron chi connectivity index (χ2n) is 4.86. The summed E-state index contributed by atoms with van der Waals surface area (Å²) in [5.41, 5.74) is 1.23. The monoisotopic (exact) mass is 239 g/mol. The van der Waals surface area contributed by atoms with Crippen LogP contribution in [-0.2, 0) is 6.54 Å². The van der Waals surface area contributed by atoms with E-state index in [0.29, 0.717) is 5.15 Å². The van der Waals surface area contributed by atoms with Crippen molar-refractivity contribution in [3.63, 3.8) is 0 Å². The van der Waals surface area contributed by atoms with Crippen molar-refractivity contribution in [3.8, 4) is 0 Å². The third-order valence-corrected chi connectivity index (χ3v) is 3.31. The van der Waals surface area contributed by atoms with Gasteiger partial charge in [-0.05, 0) is 26.0 Å². The Morgan fingerprint density at radius 2 is 2.31 bits per heavy atom. The SMILES string of the molecule is CC1(C)CNCCN1Cc1cccc(Cl)n1. The van der Waals surface area contributed by atoms with Gasteiger partial charge in [-0.1, -0.05) is 17.7 Å². The van der Waals surface area contributed by atoms with Gasteiger partial charge in [0.15, 0.2) is 0 Å². The number of piperazine rings is 1. The third-order valence-electron chi connectivity index (χ3n) is 3.10. The fraction of sp³-hybridized carbons (Fsp3) is 0.583. The molecule has 1 aliphatic heterocycles. The Bertz CT molecular complexity index is 365. The van der Waals surface area contributed by atoms with E-state index in [-0.39, 0.29) is 5.54 Å². The van der Waals surface area contributed by atoms with Crippen LogP contribution >= 0.6 is 11.6 Å². The normalized spacial score (nSPS) is 20.9. The van der Waals surface area contributed by atoms with Crippen LogP contribution in [0.4, 0.5) is 0 Å². The Morgan fingerprint density at radius 1 is 1.50 bits per heavy atom. The van der Waals surface area contributed by atoms with Gasteiger partial charge < -0.3 is 5.32 Å². The van der Waals surface area contributed by atoms with Crippen LogP contribution in [0.2, 0.25) is 5.15 Å². The smallest absolute Gasteiger partial charge is 0.129 e. The fourth-order valence-corrected chi connectivity index (χ4v) is 2.23. The molecule has 1 saturated heterocycles. The van der Waals surface area contributed by atoms with E-state index in [1.54, 1.807) is 0 Å². The number of pyridine rings is 1. The van der Waals surface area contributed by atoms with E-state index in [1.165, 1.54) is 0 Å². The average Bonchev–Trinajstić information content (AvgIpc) is 2.21. The summed E-state index contributed by atoms with van der Waals surface area (Å²) in [6.07, 6.45) is 0. The van der Waals surface area contributed by atoms with Crippen molar-refractivity contribution in [1.82, 2.24) is 15.2 Å². The first-order valence-corrected chi connectivity index (χ1v) is 6.03. The molecule has 2 heterocycles. The second-order valence-corrected chi connectivity index (χ2v) is 5.25. The minimum atomic E-state index is 0.183. The standard InChI is InChI=1S/C12H18ClN3/c1-12(2)9-14-6-7-16(12)8-10-4-3-5-11(13)15-10/h3-5,14H,6-9H2,1-2H3. The predicted molar refractivity (Wildman–Crippen MR) is 66.6 cm³/mol. The van der Waals surface area contributed by atoms with Gasteiger partial charge in [0, 0.05) is 31.7 Å². The van der Waals surface area contributed by atoms with Crippen molar-refractivity contribution in [1.29, 1.82) is 0 Å². The van der Waals surface area contributed by atoms with Crippen molar-refractivity contribution in [2.75, 3.05) is 19.6 Å². The summed E-state index contributed by atoms with van der Waals surface area (Å²) in [4.78, 5) is 6.78. The average molecular weight is 240 g/mol. The Labute approximate surface area is 102 Å². The lowest BCUT2D eigenvalue weighted by Crippen LogP contribution is -2.57. The molecule has 3 nitrogen and oxygen atoms in total. The molecule has 1 N–H and O–H groups in total. The number of rotatable bonds is 2. The minimum Gasteiger partial charge on any atom is -0.314 e. The van der Waals surface area contributed by atoms with Crippen molar-refractivity contribution in [2.24, 2.45) is 0 Å². The summed E-state index contributed by atoms with van der Waals surface area (Å²) in [6.45, 7) is 8.50. The van der Waals surface area contributed by atoms with Crippen LogP contribution in [0.3, 0.4) is 0 Å². The van der Waals surface area contributed by atoms with E-state index >= 15 is 0 Å². The molecule has 0 unspecified atom stereocenters. The van der Waals surface area contributed by atoms with Gasteiger partial charge in [0.1, 0.15) is 5.15 Å². The van der Waals surface area contributed by atoms with Gasteiger partial charge in [0.05, 0.1) is 5.69 Å². The van der Waals surface area contributed by atoms with Crippen molar-refractivity contribution >= 4 is 11.6 Å². The molecule has 1 fully saturated rings. The van der Waals surface area contributed by atoms with Crippen LogP contribution in [0.5, 0.6) is 0 Å². The topological polar surface area (TPSA) is 28.2 Å². The molecular formula is C12H18ClN3. The Hall–Kier alpha value is -0.640. The van der Waals surface area contributed by atoms with Crippen LogP contribution in [0.1, 0.15) is 19.5 Å². The zero-order valence-electron chi connectivity index (χ0n) is 9.83. The van der Waals surface area contributed by atoms with Crippen molar-refractivity contribution in [2.45, 2.75) is 25.9 Å². The molecule has 0 aromatic carbocycles. The van der Waals surface area contributed by atoms with Gasteiger partial charge >= 0.3 is 0 Å². The predicted octanol–water partition coefficient (Wildman–Crippen LogP) is 1.92. The van der Waals surface area contributed by atoms with Crippen molar-refractivity contribution in [3.05, 3.63) is 29.0 Å². The maximum Gasteiger partial charge on any atom is 0.129 e. The molecule has 88 valence electrons. The van der Waals surface area contributed by atoms with E-state index in [1.807, 2.05) is 18.2 Å². The molecule has 0 atom stereocenters. The minimum absolute atomic E-state index is 0.183.